The van der Waals surface area contributed by atoms with Crippen molar-refractivity contribution in [3.8, 4) is 5.75 Å². The molecule has 6 nitrogen and oxygen atoms in total. The maximum Gasteiger partial charge on any atom is 0.306 e. The minimum absolute atomic E-state index is 0.125. The van der Waals surface area contributed by atoms with Crippen LogP contribution in [0.2, 0.25) is 0 Å². The first-order valence-electron chi connectivity index (χ1n) is 5.64. The third-order valence-corrected chi connectivity index (χ3v) is 4.41. The zero-order chi connectivity index (χ0) is 14.5. The maximum atomic E-state index is 11.9. The molecule has 0 atom stereocenters. The van der Waals surface area contributed by atoms with E-state index < -0.39 is 16.0 Å². The molecule has 0 aliphatic heterocycles. The molecule has 0 unspecified atom stereocenters. The largest absolute Gasteiger partial charge is 0.508 e. The minimum atomic E-state index is -3.50. The van der Waals surface area contributed by atoms with Crippen LogP contribution in [-0.2, 0) is 26.1 Å². The molecule has 19 heavy (non-hydrogen) atoms. The molecule has 0 fully saturated rings. The third-order valence-electron chi connectivity index (χ3n) is 2.61. The standard InChI is InChI=1S/C12H17NO5S/c1-13(9-10-3-5-11(14)6-4-10)19(16,17)8-7-12(15)18-2/h3-6,14H,7-9H2,1-2H3. The Morgan fingerprint density at radius 1 is 1.32 bits per heavy atom. The highest BCUT2D eigenvalue weighted by Crippen LogP contribution is 2.13. The van der Waals surface area contributed by atoms with Gasteiger partial charge >= 0.3 is 5.97 Å². The normalized spacial score (nSPS) is 11.5. The highest BCUT2D eigenvalue weighted by Gasteiger charge is 2.19. The number of nitrogens with zero attached hydrogens (tertiary/aromatic N) is 1. The number of carbonyl (C=O) groups excluding carboxylic acids is 1. The number of hydrogen-bond donors (Lipinski definition) is 1. The highest BCUT2D eigenvalue weighted by atomic mass is 32.2. The van der Waals surface area contributed by atoms with E-state index in [1.165, 1.54) is 30.6 Å². The number of benzene rings is 1. The van der Waals surface area contributed by atoms with Gasteiger partial charge in [-0.1, -0.05) is 12.1 Å². The van der Waals surface area contributed by atoms with Gasteiger partial charge in [0.1, 0.15) is 5.75 Å². The lowest BCUT2D eigenvalue weighted by Gasteiger charge is -2.16. The summed E-state index contributed by atoms with van der Waals surface area (Å²) in [5.74, 6) is -0.713. The first-order chi connectivity index (χ1) is 8.85. The van der Waals surface area contributed by atoms with E-state index >= 15 is 0 Å². The molecule has 0 aliphatic rings. The Morgan fingerprint density at radius 3 is 2.42 bits per heavy atom. The SMILES string of the molecule is COC(=O)CCS(=O)(=O)N(C)Cc1ccc(O)cc1. The van der Waals surface area contributed by atoms with Crippen molar-refractivity contribution in [3.05, 3.63) is 29.8 Å². The lowest BCUT2D eigenvalue weighted by Crippen LogP contribution is -2.29. The number of ether oxygens (including phenoxy) is 1. The van der Waals surface area contributed by atoms with Crippen LogP contribution in [0.5, 0.6) is 5.75 Å². The van der Waals surface area contributed by atoms with Crippen LogP contribution in [0.3, 0.4) is 0 Å². The Morgan fingerprint density at radius 2 is 1.89 bits per heavy atom. The molecule has 0 saturated heterocycles. The second-order valence-corrected chi connectivity index (χ2v) is 6.26. The topological polar surface area (TPSA) is 83.9 Å². The van der Waals surface area contributed by atoms with E-state index in [-0.39, 0.29) is 24.5 Å². The fourth-order valence-electron chi connectivity index (χ4n) is 1.43. The van der Waals surface area contributed by atoms with Crippen molar-refractivity contribution >= 4 is 16.0 Å². The number of phenolic OH excluding ortho intramolecular Hbond substituents is 1. The van der Waals surface area contributed by atoms with Crippen molar-refractivity contribution in [2.24, 2.45) is 0 Å². The summed E-state index contributed by atoms with van der Waals surface area (Å²) in [4.78, 5) is 10.9. The van der Waals surface area contributed by atoms with E-state index in [0.29, 0.717) is 0 Å². The van der Waals surface area contributed by atoms with Crippen LogP contribution in [0.1, 0.15) is 12.0 Å². The molecule has 1 aromatic rings. The van der Waals surface area contributed by atoms with Gasteiger partial charge in [0.25, 0.3) is 0 Å². The molecule has 0 bridgehead atoms. The van der Waals surface area contributed by atoms with Gasteiger partial charge in [0.2, 0.25) is 10.0 Å². The summed E-state index contributed by atoms with van der Waals surface area (Å²) in [5.41, 5.74) is 0.752. The summed E-state index contributed by atoms with van der Waals surface area (Å²) in [7, 11) is -0.842. The molecule has 106 valence electrons. The smallest absolute Gasteiger partial charge is 0.306 e. The van der Waals surface area contributed by atoms with Gasteiger partial charge in [0.05, 0.1) is 19.3 Å². The van der Waals surface area contributed by atoms with Gasteiger partial charge in [-0.05, 0) is 17.7 Å². The summed E-state index contributed by atoms with van der Waals surface area (Å²) < 4.78 is 29.4. The van der Waals surface area contributed by atoms with Crippen LogP contribution in [0, 0.1) is 0 Å². The Kier molecular flexibility index (Phi) is 5.31. The Labute approximate surface area is 112 Å². The number of carbonyl (C=O) groups is 1. The van der Waals surface area contributed by atoms with E-state index in [9.17, 15) is 13.2 Å². The van der Waals surface area contributed by atoms with Crippen LogP contribution < -0.4 is 0 Å². The number of methoxy groups -OCH3 is 1. The molecular weight excluding hydrogens is 270 g/mol. The zero-order valence-electron chi connectivity index (χ0n) is 10.9. The Hall–Kier alpha value is -1.60. The highest BCUT2D eigenvalue weighted by molar-refractivity contribution is 7.89. The van der Waals surface area contributed by atoms with E-state index in [2.05, 4.69) is 4.74 Å². The predicted molar refractivity (Wildman–Crippen MR) is 70.0 cm³/mol. The van der Waals surface area contributed by atoms with Crippen molar-refractivity contribution in [1.82, 2.24) is 4.31 Å². The minimum Gasteiger partial charge on any atom is -0.508 e. The van der Waals surface area contributed by atoms with Crippen molar-refractivity contribution in [3.63, 3.8) is 0 Å². The summed E-state index contributed by atoms with van der Waals surface area (Å²) in [5, 5.41) is 9.14. The summed E-state index contributed by atoms with van der Waals surface area (Å²) in [6.07, 6.45) is -0.168. The van der Waals surface area contributed by atoms with Crippen LogP contribution in [-0.4, -0.2) is 43.7 Å². The van der Waals surface area contributed by atoms with Crippen LogP contribution in [0.15, 0.2) is 24.3 Å². The van der Waals surface area contributed by atoms with Crippen LogP contribution in [0.4, 0.5) is 0 Å². The Balaban J connectivity index is 2.63. The van der Waals surface area contributed by atoms with Crippen molar-refractivity contribution in [2.75, 3.05) is 19.9 Å². The fraction of sp³-hybridized carbons (Fsp3) is 0.417. The first kappa shape index (κ1) is 15.5. The number of sulfonamides is 1. The monoisotopic (exact) mass is 287 g/mol. The molecule has 0 spiro atoms. The van der Waals surface area contributed by atoms with Gasteiger partial charge in [-0.3, -0.25) is 4.79 Å². The average Bonchev–Trinajstić information content (AvgIpc) is 2.38. The van der Waals surface area contributed by atoms with Gasteiger partial charge in [-0.2, -0.15) is 0 Å². The molecule has 0 amide bonds. The van der Waals surface area contributed by atoms with Gasteiger partial charge in [0, 0.05) is 13.6 Å². The predicted octanol–water partition coefficient (Wildman–Crippen LogP) is 0.717. The molecule has 0 aliphatic carbocycles. The number of esters is 1. The molecule has 1 rings (SSSR count). The van der Waals surface area contributed by atoms with Gasteiger partial charge in [0.15, 0.2) is 0 Å². The van der Waals surface area contributed by atoms with Crippen LogP contribution >= 0.6 is 0 Å². The zero-order valence-corrected chi connectivity index (χ0v) is 11.7. The van der Waals surface area contributed by atoms with Crippen molar-refractivity contribution < 1.29 is 23.1 Å². The van der Waals surface area contributed by atoms with Gasteiger partial charge < -0.3 is 9.84 Å². The number of aromatic hydroxyl groups is 1. The van der Waals surface area contributed by atoms with Gasteiger partial charge in [-0.25, -0.2) is 12.7 Å². The number of hydrogen-bond acceptors (Lipinski definition) is 5. The number of phenols is 1. The summed E-state index contributed by atoms with van der Waals surface area (Å²) in [6.45, 7) is 0.184. The van der Waals surface area contributed by atoms with E-state index in [0.717, 1.165) is 5.56 Å². The average molecular weight is 287 g/mol. The Bertz CT molecular complexity index is 524. The van der Waals surface area contributed by atoms with E-state index in [1.54, 1.807) is 12.1 Å². The molecule has 0 aromatic heterocycles. The quantitative estimate of drug-likeness (QED) is 0.779. The molecule has 7 heteroatoms. The third kappa shape index (κ3) is 4.88. The summed E-state index contributed by atoms with van der Waals surface area (Å²) >= 11 is 0. The van der Waals surface area contributed by atoms with Crippen molar-refractivity contribution in [2.45, 2.75) is 13.0 Å². The molecule has 0 radical (unpaired) electrons. The fourth-order valence-corrected chi connectivity index (χ4v) is 2.51. The van der Waals surface area contributed by atoms with Crippen LogP contribution in [0.25, 0.3) is 0 Å². The number of rotatable bonds is 6. The molecular formula is C12H17NO5S. The van der Waals surface area contributed by atoms with Gasteiger partial charge in [-0.15, -0.1) is 0 Å². The molecule has 0 heterocycles. The first-order valence-corrected chi connectivity index (χ1v) is 7.25. The lowest BCUT2D eigenvalue weighted by atomic mass is 10.2. The summed E-state index contributed by atoms with van der Waals surface area (Å²) in [6, 6.07) is 6.26. The molecule has 1 N–H and O–H groups in total. The van der Waals surface area contributed by atoms with Crippen molar-refractivity contribution in [1.29, 1.82) is 0 Å². The maximum absolute atomic E-state index is 11.9. The van der Waals surface area contributed by atoms with E-state index in [4.69, 9.17) is 5.11 Å². The second-order valence-electron chi connectivity index (χ2n) is 4.06. The molecule has 0 saturated carbocycles. The lowest BCUT2D eigenvalue weighted by molar-refractivity contribution is -0.140. The second kappa shape index (κ2) is 6.53. The van der Waals surface area contributed by atoms with E-state index in [1.807, 2.05) is 0 Å². The molecule has 1 aromatic carbocycles.